The van der Waals surface area contributed by atoms with Gasteiger partial charge in [0.05, 0.1) is 0 Å². The lowest BCUT2D eigenvalue weighted by molar-refractivity contribution is -0.120. The number of carbonyl (C=O) groups excluding carboxylic acids is 2. The molecule has 0 aromatic carbocycles. The van der Waals surface area contributed by atoms with Crippen LogP contribution in [-0.4, -0.2) is 54.1 Å². The third-order valence-corrected chi connectivity index (χ3v) is 2.52. The summed E-state index contributed by atoms with van der Waals surface area (Å²) >= 11 is 0. The van der Waals surface area contributed by atoms with Crippen LogP contribution in [0.5, 0.6) is 0 Å². The smallest absolute Gasteiger partial charge is 0.273 e. The highest BCUT2D eigenvalue weighted by Gasteiger charge is 2.09. The minimum Gasteiger partial charge on any atom is -0.368 e. The Morgan fingerprint density at radius 3 is 2.50 bits per heavy atom. The molecule has 0 radical (unpaired) electrons. The van der Waals surface area contributed by atoms with Crippen LogP contribution in [0.2, 0.25) is 0 Å². The van der Waals surface area contributed by atoms with Crippen molar-refractivity contribution in [2.24, 2.45) is 0 Å². The van der Waals surface area contributed by atoms with Gasteiger partial charge in [0.1, 0.15) is 5.82 Å². The number of nitrogens with zero attached hydrogens (tertiary/aromatic N) is 3. The second-order valence-electron chi connectivity index (χ2n) is 4.53. The van der Waals surface area contributed by atoms with E-state index in [9.17, 15) is 9.59 Å². The van der Waals surface area contributed by atoms with E-state index in [1.807, 2.05) is 6.92 Å². The number of anilines is 1. The van der Waals surface area contributed by atoms with Gasteiger partial charge < -0.3 is 15.5 Å². The second kappa shape index (κ2) is 8.08. The zero-order chi connectivity index (χ0) is 15.0. The Morgan fingerprint density at radius 1 is 1.20 bits per heavy atom. The Labute approximate surface area is 118 Å². The molecule has 0 fully saturated rings. The molecule has 0 saturated carbocycles. The lowest BCUT2D eigenvalue weighted by Gasteiger charge is -2.09. The van der Waals surface area contributed by atoms with Crippen molar-refractivity contribution in [2.75, 3.05) is 32.5 Å². The van der Waals surface area contributed by atoms with Crippen LogP contribution < -0.4 is 10.6 Å². The first-order valence-corrected chi connectivity index (χ1v) is 6.60. The zero-order valence-corrected chi connectivity index (χ0v) is 12.1. The maximum Gasteiger partial charge on any atom is 0.273 e. The van der Waals surface area contributed by atoms with E-state index < -0.39 is 0 Å². The highest BCUT2D eigenvalue weighted by molar-refractivity contribution is 5.91. The molecule has 1 heterocycles. The molecule has 2 N–H and O–H groups in total. The van der Waals surface area contributed by atoms with E-state index in [1.54, 1.807) is 26.2 Å². The monoisotopic (exact) mass is 279 g/mol. The van der Waals surface area contributed by atoms with Crippen molar-refractivity contribution in [1.29, 1.82) is 0 Å². The molecule has 2 amide bonds. The highest BCUT2D eigenvalue weighted by atomic mass is 16.2. The third-order valence-electron chi connectivity index (χ3n) is 2.52. The normalized spacial score (nSPS) is 9.95. The van der Waals surface area contributed by atoms with Crippen molar-refractivity contribution < 1.29 is 9.59 Å². The summed E-state index contributed by atoms with van der Waals surface area (Å²) in [4.78, 5) is 24.4. The number of hydrogen-bond acceptors (Lipinski definition) is 5. The first kappa shape index (κ1) is 15.9. The molecule has 0 bridgehead atoms. The molecule has 20 heavy (non-hydrogen) atoms. The average molecular weight is 279 g/mol. The van der Waals surface area contributed by atoms with Crippen LogP contribution >= 0.6 is 0 Å². The maximum absolute atomic E-state index is 11.6. The largest absolute Gasteiger partial charge is 0.368 e. The molecule has 110 valence electrons. The van der Waals surface area contributed by atoms with Crippen molar-refractivity contribution in [2.45, 2.75) is 19.8 Å². The number of carbonyl (C=O) groups is 2. The van der Waals surface area contributed by atoms with Crippen LogP contribution in [-0.2, 0) is 4.79 Å². The summed E-state index contributed by atoms with van der Waals surface area (Å²) in [5.41, 5.74) is 0.293. The van der Waals surface area contributed by atoms with Gasteiger partial charge in [0.2, 0.25) is 5.91 Å². The van der Waals surface area contributed by atoms with Crippen molar-refractivity contribution in [1.82, 2.24) is 20.4 Å². The molecule has 7 nitrogen and oxygen atoms in total. The van der Waals surface area contributed by atoms with Gasteiger partial charge in [0.15, 0.2) is 5.69 Å². The van der Waals surface area contributed by atoms with Crippen LogP contribution in [0.3, 0.4) is 0 Å². The molecular weight excluding hydrogens is 258 g/mol. The standard InChI is InChI=1S/C13H21N5O2/c1-4-8-15-12(19)7-9-14-11-6-5-10(16-17-11)13(20)18(2)3/h5-6H,4,7-9H2,1-3H3,(H,14,17)(H,15,19). The summed E-state index contributed by atoms with van der Waals surface area (Å²) in [5.74, 6) is 0.360. The van der Waals surface area contributed by atoms with Gasteiger partial charge in [-0.25, -0.2) is 0 Å². The molecule has 0 spiro atoms. The van der Waals surface area contributed by atoms with E-state index in [2.05, 4.69) is 20.8 Å². The predicted molar refractivity (Wildman–Crippen MR) is 76.5 cm³/mol. The summed E-state index contributed by atoms with van der Waals surface area (Å²) in [5, 5.41) is 13.5. The van der Waals surface area contributed by atoms with Crippen LogP contribution in [0, 0.1) is 0 Å². The number of rotatable bonds is 7. The van der Waals surface area contributed by atoms with Crippen molar-refractivity contribution in [3.05, 3.63) is 17.8 Å². The second-order valence-corrected chi connectivity index (χ2v) is 4.53. The van der Waals surface area contributed by atoms with E-state index >= 15 is 0 Å². The SMILES string of the molecule is CCCNC(=O)CCNc1ccc(C(=O)N(C)C)nn1. The summed E-state index contributed by atoms with van der Waals surface area (Å²) in [6.45, 7) is 3.18. The van der Waals surface area contributed by atoms with Crippen molar-refractivity contribution in [3.8, 4) is 0 Å². The Kier molecular flexibility index (Phi) is 6.42. The first-order chi connectivity index (χ1) is 9.54. The molecule has 7 heteroatoms. The minimum absolute atomic E-state index is 0.00622. The van der Waals surface area contributed by atoms with Gasteiger partial charge >= 0.3 is 0 Å². The van der Waals surface area contributed by atoms with E-state index in [-0.39, 0.29) is 11.8 Å². The van der Waals surface area contributed by atoms with E-state index in [1.165, 1.54) is 4.90 Å². The van der Waals surface area contributed by atoms with E-state index in [0.29, 0.717) is 31.0 Å². The van der Waals surface area contributed by atoms with Crippen LogP contribution in [0.25, 0.3) is 0 Å². The summed E-state index contributed by atoms with van der Waals surface area (Å²) in [7, 11) is 3.32. The van der Waals surface area contributed by atoms with Gasteiger partial charge in [0.25, 0.3) is 5.91 Å². The average Bonchev–Trinajstić information content (AvgIpc) is 2.45. The van der Waals surface area contributed by atoms with Gasteiger partial charge in [-0.05, 0) is 18.6 Å². The summed E-state index contributed by atoms with van der Waals surface area (Å²) in [6, 6.07) is 3.28. The van der Waals surface area contributed by atoms with Gasteiger partial charge in [-0.1, -0.05) is 6.92 Å². The molecular formula is C13H21N5O2. The van der Waals surface area contributed by atoms with Gasteiger partial charge in [-0.2, -0.15) is 0 Å². The van der Waals surface area contributed by atoms with Crippen LogP contribution in [0.1, 0.15) is 30.3 Å². The van der Waals surface area contributed by atoms with Gasteiger partial charge in [0, 0.05) is 33.6 Å². The summed E-state index contributed by atoms with van der Waals surface area (Å²) in [6.07, 6.45) is 1.30. The lowest BCUT2D eigenvalue weighted by Crippen LogP contribution is -2.26. The lowest BCUT2D eigenvalue weighted by atomic mass is 10.3. The summed E-state index contributed by atoms with van der Waals surface area (Å²) < 4.78 is 0. The van der Waals surface area contributed by atoms with Gasteiger partial charge in [-0.3, -0.25) is 9.59 Å². The Balaban J connectivity index is 2.39. The highest BCUT2D eigenvalue weighted by Crippen LogP contribution is 2.03. The molecule has 0 unspecified atom stereocenters. The molecule has 0 saturated heterocycles. The fraction of sp³-hybridized carbons (Fsp3) is 0.538. The number of amides is 2. The Bertz CT molecular complexity index is 445. The fourth-order valence-corrected chi connectivity index (χ4v) is 1.43. The van der Waals surface area contributed by atoms with E-state index in [4.69, 9.17) is 0 Å². The molecule has 1 aromatic rings. The zero-order valence-electron chi connectivity index (χ0n) is 12.1. The maximum atomic E-state index is 11.6. The first-order valence-electron chi connectivity index (χ1n) is 6.60. The molecule has 1 aromatic heterocycles. The van der Waals surface area contributed by atoms with Gasteiger partial charge in [-0.15, -0.1) is 10.2 Å². The molecule has 0 aliphatic carbocycles. The van der Waals surface area contributed by atoms with Crippen molar-refractivity contribution >= 4 is 17.6 Å². The number of hydrogen-bond donors (Lipinski definition) is 2. The molecule has 0 aliphatic rings. The minimum atomic E-state index is -0.192. The molecule has 0 aliphatic heterocycles. The fourth-order valence-electron chi connectivity index (χ4n) is 1.43. The van der Waals surface area contributed by atoms with Crippen LogP contribution in [0.4, 0.5) is 5.82 Å². The topological polar surface area (TPSA) is 87.2 Å². The Hall–Kier alpha value is -2.18. The Morgan fingerprint density at radius 2 is 1.95 bits per heavy atom. The molecule has 0 atom stereocenters. The predicted octanol–water partition coefficient (Wildman–Crippen LogP) is 0.507. The number of nitrogens with one attached hydrogen (secondary N) is 2. The van der Waals surface area contributed by atoms with E-state index in [0.717, 1.165) is 6.42 Å². The third kappa shape index (κ3) is 5.21. The molecule has 1 rings (SSSR count). The quantitative estimate of drug-likeness (QED) is 0.759. The van der Waals surface area contributed by atoms with Crippen LogP contribution in [0.15, 0.2) is 12.1 Å². The van der Waals surface area contributed by atoms with Crippen molar-refractivity contribution in [3.63, 3.8) is 0 Å². The number of aromatic nitrogens is 2.